The lowest BCUT2D eigenvalue weighted by atomic mass is 10.1. The molecule has 0 atom stereocenters. The normalized spacial score (nSPS) is 13.3. The van der Waals surface area contributed by atoms with Gasteiger partial charge >= 0.3 is 18.1 Å². The Hall–Kier alpha value is -2.46. The second kappa shape index (κ2) is 8.47. The highest BCUT2D eigenvalue weighted by molar-refractivity contribution is 6.42. The number of halogens is 9. The maximum atomic E-state index is 13.5. The Kier molecular flexibility index (Phi) is 6.41. The number of benzene rings is 2. The average Bonchev–Trinajstić information content (AvgIpc) is 2.95. The first-order chi connectivity index (χ1) is 14.8. The molecule has 0 aliphatic heterocycles. The summed E-state index contributed by atoms with van der Waals surface area (Å²) in [4.78, 5) is 0. The molecule has 32 heavy (non-hydrogen) atoms. The van der Waals surface area contributed by atoms with Crippen LogP contribution in [0.5, 0.6) is 0 Å². The lowest BCUT2D eigenvalue weighted by molar-refractivity contribution is -0.361. The summed E-state index contributed by atoms with van der Waals surface area (Å²) in [5.41, 5.74) is 2.84. The van der Waals surface area contributed by atoms with Gasteiger partial charge in [-0.3, -0.25) is 0 Å². The molecule has 3 rings (SSSR count). The number of rotatable bonds is 6. The van der Waals surface area contributed by atoms with E-state index in [1.54, 1.807) is 54.0 Å². The third-order valence-electron chi connectivity index (χ3n) is 4.75. The van der Waals surface area contributed by atoms with Crippen molar-refractivity contribution >= 4 is 40.3 Å². The Morgan fingerprint density at radius 3 is 2.25 bits per heavy atom. The number of para-hydroxylation sites is 1. The van der Waals surface area contributed by atoms with E-state index in [0.29, 0.717) is 38.6 Å². The van der Waals surface area contributed by atoms with E-state index >= 15 is 0 Å². The van der Waals surface area contributed by atoms with E-state index in [0.717, 1.165) is 11.8 Å². The van der Waals surface area contributed by atoms with Crippen LogP contribution < -0.4 is 5.43 Å². The topological polar surface area (TPSA) is 29.3 Å². The predicted octanol–water partition coefficient (Wildman–Crippen LogP) is 7.02. The third kappa shape index (κ3) is 4.38. The van der Waals surface area contributed by atoms with Crippen molar-refractivity contribution in [2.24, 2.45) is 5.10 Å². The van der Waals surface area contributed by atoms with Crippen LogP contribution in [-0.4, -0.2) is 28.9 Å². The Labute approximate surface area is 187 Å². The minimum atomic E-state index is -6.45. The molecule has 0 saturated heterocycles. The fourth-order valence-electron chi connectivity index (χ4n) is 3.07. The number of fused-ring (bicyclic) bond motifs is 1. The Morgan fingerprint density at radius 2 is 1.62 bits per heavy atom. The summed E-state index contributed by atoms with van der Waals surface area (Å²) in [7, 11) is 0. The van der Waals surface area contributed by atoms with Crippen molar-refractivity contribution in [3.05, 3.63) is 69.3 Å². The van der Waals surface area contributed by atoms with Gasteiger partial charge in [-0.25, -0.2) is 5.43 Å². The van der Waals surface area contributed by atoms with Crippen LogP contribution in [0.1, 0.15) is 16.8 Å². The molecule has 1 heterocycles. The summed E-state index contributed by atoms with van der Waals surface area (Å²) in [6.07, 6.45) is -5.67. The molecule has 1 aromatic heterocycles. The molecule has 0 saturated carbocycles. The van der Waals surface area contributed by atoms with Crippen molar-refractivity contribution in [2.45, 2.75) is 31.6 Å². The molecule has 0 amide bonds. The maximum absolute atomic E-state index is 13.5. The SMILES string of the molecule is Cc1c(/C=N\NC(F)(F)C(F)(F)C(F)(F)F)c2ccccc2n1Cc1ccc(Cl)c(Cl)c1. The number of hydrazone groups is 1. The smallest absolute Gasteiger partial charge is 0.340 e. The van der Waals surface area contributed by atoms with Gasteiger partial charge < -0.3 is 4.57 Å². The third-order valence-corrected chi connectivity index (χ3v) is 5.49. The Morgan fingerprint density at radius 1 is 0.969 bits per heavy atom. The molecule has 172 valence electrons. The van der Waals surface area contributed by atoms with Crippen molar-refractivity contribution in [2.75, 3.05) is 0 Å². The van der Waals surface area contributed by atoms with Crippen LogP contribution in [0.2, 0.25) is 10.0 Å². The summed E-state index contributed by atoms with van der Waals surface area (Å²) in [6.45, 7) is 1.92. The van der Waals surface area contributed by atoms with Gasteiger partial charge in [0.05, 0.1) is 16.3 Å². The molecule has 3 nitrogen and oxygen atoms in total. The van der Waals surface area contributed by atoms with E-state index < -0.39 is 18.1 Å². The highest BCUT2D eigenvalue weighted by atomic mass is 35.5. The summed E-state index contributed by atoms with van der Waals surface area (Å²) in [6, 6.07) is 6.09. The fraction of sp³-hybridized carbons (Fsp3) is 0.250. The Balaban J connectivity index is 1.96. The van der Waals surface area contributed by atoms with Gasteiger partial charge in [0.1, 0.15) is 0 Å². The maximum Gasteiger partial charge on any atom is 0.462 e. The van der Waals surface area contributed by atoms with Crippen LogP contribution in [0, 0.1) is 6.92 Å². The van der Waals surface area contributed by atoms with E-state index in [4.69, 9.17) is 23.2 Å². The fourth-order valence-corrected chi connectivity index (χ4v) is 3.39. The van der Waals surface area contributed by atoms with E-state index in [1.165, 1.54) is 0 Å². The van der Waals surface area contributed by atoms with Crippen molar-refractivity contribution in [1.29, 1.82) is 0 Å². The summed E-state index contributed by atoms with van der Waals surface area (Å²) in [5.74, 6) is -6.31. The molecule has 0 bridgehead atoms. The van der Waals surface area contributed by atoms with Gasteiger partial charge in [-0.15, -0.1) is 0 Å². The lowest BCUT2D eigenvalue weighted by Crippen LogP contribution is -2.58. The average molecular weight is 500 g/mol. The van der Waals surface area contributed by atoms with Gasteiger partial charge in [0.15, 0.2) is 0 Å². The second-order valence-corrected chi connectivity index (χ2v) is 7.68. The van der Waals surface area contributed by atoms with Crippen LogP contribution in [0.15, 0.2) is 47.6 Å². The molecular formula is C20H14Cl2F7N3. The largest absolute Gasteiger partial charge is 0.462 e. The molecule has 3 aromatic rings. The molecule has 0 fully saturated rings. The number of alkyl halides is 7. The van der Waals surface area contributed by atoms with E-state index in [9.17, 15) is 30.7 Å². The summed E-state index contributed by atoms with van der Waals surface area (Å²) < 4.78 is 91.6. The van der Waals surface area contributed by atoms with Gasteiger partial charge in [0.2, 0.25) is 0 Å². The first-order valence-corrected chi connectivity index (χ1v) is 9.66. The van der Waals surface area contributed by atoms with Crippen LogP contribution in [0.4, 0.5) is 30.7 Å². The van der Waals surface area contributed by atoms with Gasteiger partial charge in [0.25, 0.3) is 0 Å². The van der Waals surface area contributed by atoms with Gasteiger partial charge in [-0.1, -0.05) is 47.5 Å². The summed E-state index contributed by atoms with van der Waals surface area (Å²) in [5, 5.41) is 4.21. The van der Waals surface area contributed by atoms with Crippen molar-refractivity contribution in [1.82, 2.24) is 9.99 Å². The molecule has 0 radical (unpaired) electrons. The van der Waals surface area contributed by atoms with Crippen molar-refractivity contribution < 1.29 is 30.7 Å². The highest BCUT2D eigenvalue weighted by Crippen LogP contribution is 2.45. The number of hydrogen-bond donors (Lipinski definition) is 1. The van der Waals surface area contributed by atoms with E-state index in [1.807, 2.05) is 0 Å². The first-order valence-electron chi connectivity index (χ1n) is 8.90. The van der Waals surface area contributed by atoms with Gasteiger partial charge in [-0.05, 0) is 30.7 Å². The molecule has 0 aliphatic carbocycles. The van der Waals surface area contributed by atoms with Crippen LogP contribution >= 0.6 is 23.2 Å². The molecule has 1 N–H and O–H groups in total. The number of aromatic nitrogens is 1. The monoisotopic (exact) mass is 499 g/mol. The first kappa shape index (κ1) is 24.2. The van der Waals surface area contributed by atoms with E-state index in [2.05, 4.69) is 5.10 Å². The van der Waals surface area contributed by atoms with Gasteiger partial charge in [-0.2, -0.15) is 35.8 Å². The minimum absolute atomic E-state index is 0.263. The lowest BCUT2D eigenvalue weighted by Gasteiger charge is -2.27. The number of nitrogens with one attached hydrogen (secondary N) is 1. The Bertz CT molecular complexity index is 1170. The minimum Gasteiger partial charge on any atom is -0.340 e. The molecule has 2 aromatic carbocycles. The van der Waals surface area contributed by atoms with Gasteiger partial charge in [0, 0.05) is 28.7 Å². The van der Waals surface area contributed by atoms with Crippen LogP contribution in [0.3, 0.4) is 0 Å². The molecule has 12 heteroatoms. The van der Waals surface area contributed by atoms with E-state index in [-0.39, 0.29) is 5.56 Å². The van der Waals surface area contributed by atoms with Crippen molar-refractivity contribution in [3.8, 4) is 0 Å². The van der Waals surface area contributed by atoms with Crippen LogP contribution in [-0.2, 0) is 6.54 Å². The molecule has 0 aliphatic rings. The standard InChI is InChI=1S/C20H14Cl2F7N3/c1-11-14(9-30-31-20(28,29)18(23,24)19(25,26)27)13-4-2-3-5-17(13)32(11)10-12-6-7-15(21)16(22)8-12/h2-9,31H,10H2,1H3/b30-9-. The quantitative estimate of drug-likeness (QED) is 0.168. The molecule has 0 spiro atoms. The number of nitrogens with zero attached hydrogens (tertiary/aromatic N) is 2. The zero-order valence-electron chi connectivity index (χ0n) is 16.1. The zero-order chi connectivity index (χ0) is 23.9. The zero-order valence-corrected chi connectivity index (χ0v) is 17.6. The second-order valence-electron chi connectivity index (χ2n) is 6.87. The number of hydrogen-bond acceptors (Lipinski definition) is 2. The predicted molar refractivity (Wildman–Crippen MR) is 109 cm³/mol. The molecular weight excluding hydrogens is 486 g/mol. The molecule has 0 unspecified atom stereocenters. The summed E-state index contributed by atoms with van der Waals surface area (Å²) >= 11 is 12.0. The van der Waals surface area contributed by atoms with Crippen molar-refractivity contribution in [3.63, 3.8) is 0 Å². The highest BCUT2D eigenvalue weighted by Gasteiger charge is 2.73. The van der Waals surface area contributed by atoms with Crippen LogP contribution in [0.25, 0.3) is 10.9 Å².